The van der Waals surface area contributed by atoms with Gasteiger partial charge in [0.2, 0.25) is 0 Å². The minimum absolute atomic E-state index is 0.180. The number of rotatable bonds is 6. The van der Waals surface area contributed by atoms with Crippen molar-refractivity contribution in [2.75, 3.05) is 0 Å². The molecule has 0 saturated carbocycles. The van der Waals surface area contributed by atoms with E-state index in [9.17, 15) is 9.90 Å². The maximum atomic E-state index is 12.5. The Morgan fingerprint density at radius 1 is 0.794 bits per heavy atom. The van der Waals surface area contributed by atoms with Gasteiger partial charge in [0.15, 0.2) is 0 Å². The lowest BCUT2D eigenvalue weighted by molar-refractivity contribution is 0.134. The number of aliphatic hydroxyl groups excluding tert-OH is 1. The Morgan fingerprint density at radius 3 is 2.06 bits per heavy atom. The topological polar surface area (TPSA) is 60.0 Å². The molecule has 0 aliphatic carbocycles. The molecule has 170 valence electrons. The predicted octanol–water partition coefficient (Wildman–Crippen LogP) is 5.21. The van der Waals surface area contributed by atoms with Crippen LogP contribution in [0.25, 0.3) is 33.3 Å². The van der Waals surface area contributed by atoms with E-state index in [0.29, 0.717) is 12.2 Å². The van der Waals surface area contributed by atoms with E-state index in [1.807, 2.05) is 61.5 Å². The van der Waals surface area contributed by atoms with Gasteiger partial charge in [-0.2, -0.15) is 4.98 Å². The molecule has 3 aromatic carbocycles. The Balaban J connectivity index is 1.66. The third-order valence-corrected chi connectivity index (χ3v) is 6.21. The van der Waals surface area contributed by atoms with Crippen LogP contribution in [0.15, 0.2) is 95.8 Å². The second-order valence-corrected chi connectivity index (χ2v) is 8.67. The normalized spacial score (nSPS) is 12.2. The highest BCUT2D eigenvalue weighted by Gasteiger charge is 2.22. The third kappa shape index (κ3) is 4.06. The summed E-state index contributed by atoms with van der Waals surface area (Å²) in [4.78, 5) is 16.5. The molecule has 0 amide bonds. The number of aliphatic hydroxyl groups is 1. The van der Waals surface area contributed by atoms with Crippen LogP contribution >= 0.6 is 0 Å². The fourth-order valence-corrected chi connectivity index (χ4v) is 4.76. The summed E-state index contributed by atoms with van der Waals surface area (Å²) in [5, 5.41) is 12.3. The molecule has 0 aliphatic heterocycles. The lowest BCUT2D eigenvalue weighted by Crippen LogP contribution is -2.32. The first-order valence-electron chi connectivity index (χ1n) is 11.5. The molecule has 5 rings (SSSR count). The summed E-state index contributed by atoms with van der Waals surface area (Å²) < 4.78 is 3.73. The van der Waals surface area contributed by atoms with Gasteiger partial charge in [-0.05, 0) is 37.1 Å². The molecule has 5 nitrogen and oxygen atoms in total. The molecular weight excluding hydrogens is 422 g/mol. The number of hydrogen-bond donors (Lipinski definition) is 1. The molecule has 0 radical (unpaired) electrons. The standard InChI is InChI=1S/C29H27N3O2/c1-20-17-21(2)31(29(34)30-20)18-24(33)19-32-26-16-10-9-15-25(26)27(22-11-5-3-6-12-22)28(32)23-13-7-4-8-14-23/h3-17,24,33H,18-19H2,1-2H3/t24-/m1/s1. The molecule has 0 bridgehead atoms. The molecule has 2 heterocycles. The summed E-state index contributed by atoms with van der Waals surface area (Å²) in [6.45, 7) is 4.20. The second kappa shape index (κ2) is 9.12. The van der Waals surface area contributed by atoms with Gasteiger partial charge in [-0.15, -0.1) is 0 Å². The number of para-hydroxylation sites is 1. The van der Waals surface area contributed by atoms with Crippen molar-refractivity contribution in [3.05, 3.63) is 113 Å². The van der Waals surface area contributed by atoms with Crippen LogP contribution in [0.1, 0.15) is 11.4 Å². The van der Waals surface area contributed by atoms with Crippen molar-refractivity contribution in [1.82, 2.24) is 14.1 Å². The van der Waals surface area contributed by atoms with Crippen LogP contribution in [0.5, 0.6) is 0 Å². The average Bonchev–Trinajstić information content (AvgIpc) is 3.16. The van der Waals surface area contributed by atoms with E-state index >= 15 is 0 Å². The minimum Gasteiger partial charge on any atom is -0.389 e. The first-order valence-corrected chi connectivity index (χ1v) is 11.5. The van der Waals surface area contributed by atoms with Crippen molar-refractivity contribution >= 4 is 10.9 Å². The quantitative estimate of drug-likeness (QED) is 0.387. The van der Waals surface area contributed by atoms with E-state index in [2.05, 4.69) is 45.9 Å². The fourth-order valence-electron chi connectivity index (χ4n) is 4.76. The maximum Gasteiger partial charge on any atom is 0.348 e. The average molecular weight is 450 g/mol. The monoisotopic (exact) mass is 449 g/mol. The summed E-state index contributed by atoms with van der Waals surface area (Å²) >= 11 is 0. The molecule has 0 aliphatic rings. The molecule has 34 heavy (non-hydrogen) atoms. The molecule has 2 aromatic heterocycles. The Morgan fingerprint density at radius 2 is 1.38 bits per heavy atom. The molecule has 5 heteroatoms. The van der Waals surface area contributed by atoms with Gasteiger partial charge in [0, 0.05) is 27.9 Å². The largest absolute Gasteiger partial charge is 0.389 e. The predicted molar refractivity (Wildman–Crippen MR) is 137 cm³/mol. The summed E-state index contributed by atoms with van der Waals surface area (Å²) in [5.74, 6) is 0. The molecule has 0 unspecified atom stereocenters. The maximum absolute atomic E-state index is 12.5. The highest BCUT2D eigenvalue weighted by molar-refractivity contribution is 6.04. The van der Waals surface area contributed by atoms with Gasteiger partial charge < -0.3 is 9.67 Å². The summed E-state index contributed by atoms with van der Waals surface area (Å²) in [6.07, 6.45) is -0.775. The molecular formula is C29H27N3O2. The first-order chi connectivity index (χ1) is 16.5. The Bertz CT molecular complexity index is 1500. The van der Waals surface area contributed by atoms with Gasteiger partial charge in [0.1, 0.15) is 0 Å². The van der Waals surface area contributed by atoms with Crippen LogP contribution in [-0.4, -0.2) is 25.3 Å². The Kier molecular flexibility index (Phi) is 5.86. The van der Waals surface area contributed by atoms with Crippen LogP contribution in [0, 0.1) is 13.8 Å². The van der Waals surface area contributed by atoms with E-state index in [-0.39, 0.29) is 12.2 Å². The highest BCUT2D eigenvalue weighted by Crippen LogP contribution is 2.41. The summed E-state index contributed by atoms with van der Waals surface area (Å²) in [5.41, 5.74) is 6.59. The molecule has 0 fully saturated rings. The Hall–Kier alpha value is -3.96. The molecule has 1 N–H and O–H groups in total. The lowest BCUT2D eigenvalue weighted by atomic mass is 9.98. The van der Waals surface area contributed by atoms with E-state index in [0.717, 1.165) is 39.0 Å². The van der Waals surface area contributed by atoms with Crippen LogP contribution in [0.4, 0.5) is 0 Å². The number of hydrogen-bond acceptors (Lipinski definition) is 3. The number of aryl methyl sites for hydroxylation is 2. The van der Waals surface area contributed by atoms with Gasteiger partial charge in [-0.25, -0.2) is 4.79 Å². The van der Waals surface area contributed by atoms with Crippen molar-refractivity contribution in [3.8, 4) is 22.4 Å². The highest BCUT2D eigenvalue weighted by atomic mass is 16.3. The zero-order valence-electron chi connectivity index (χ0n) is 19.3. The van der Waals surface area contributed by atoms with Crippen LogP contribution in [0.2, 0.25) is 0 Å². The van der Waals surface area contributed by atoms with Crippen LogP contribution < -0.4 is 5.69 Å². The zero-order chi connectivity index (χ0) is 23.7. The zero-order valence-corrected chi connectivity index (χ0v) is 19.3. The van der Waals surface area contributed by atoms with E-state index in [1.54, 1.807) is 11.5 Å². The number of nitrogens with zero attached hydrogens (tertiary/aromatic N) is 3. The third-order valence-electron chi connectivity index (χ3n) is 6.21. The van der Waals surface area contributed by atoms with Gasteiger partial charge in [0.25, 0.3) is 0 Å². The summed E-state index contributed by atoms with van der Waals surface area (Å²) in [7, 11) is 0. The van der Waals surface area contributed by atoms with Crippen molar-refractivity contribution in [1.29, 1.82) is 0 Å². The Labute approximate surface area is 198 Å². The molecule has 0 spiro atoms. The number of aromatic nitrogens is 3. The SMILES string of the molecule is Cc1cc(C)n(C[C@@H](O)Cn2c(-c3ccccc3)c(-c3ccccc3)c3ccccc32)c(=O)n1. The van der Waals surface area contributed by atoms with Gasteiger partial charge >= 0.3 is 5.69 Å². The minimum atomic E-state index is -0.775. The van der Waals surface area contributed by atoms with Crippen LogP contribution in [0.3, 0.4) is 0 Å². The van der Waals surface area contributed by atoms with Crippen LogP contribution in [-0.2, 0) is 13.1 Å². The van der Waals surface area contributed by atoms with Gasteiger partial charge in [0.05, 0.1) is 24.9 Å². The van der Waals surface area contributed by atoms with E-state index in [1.165, 1.54) is 0 Å². The first kappa shape index (κ1) is 21.9. The van der Waals surface area contributed by atoms with E-state index in [4.69, 9.17) is 0 Å². The van der Waals surface area contributed by atoms with Crippen molar-refractivity contribution in [3.63, 3.8) is 0 Å². The molecule has 5 aromatic rings. The number of benzene rings is 3. The molecule has 0 saturated heterocycles. The van der Waals surface area contributed by atoms with Crippen molar-refractivity contribution in [2.24, 2.45) is 0 Å². The van der Waals surface area contributed by atoms with Gasteiger partial charge in [-0.1, -0.05) is 78.9 Å². The second-order valence-electron chi connectivity index (χ2n) is 8.67. The smallest absolute Gasteiger partial charge is 0.348 e. The summed E-state index contributed by atoms with van der Waals surface area (Å²) in [6, 6.07) is 30.8. The fraction of sp³-hybridized carbons (Fsp3) is 0.172. The lowest BCUT2D eigenvalue weighted by Gasteiger charge is -2.19. The number of fused-ring (bicyclic) bond motifs is 1. The van der Waals surface area contributed by atoms with Gasteiger partial charge in [-0.3, -0.25) is 4.57 Å². The molecule has 1 atom stereocenters. The van der Waals surface area contributed by atoms with Crippen molar-refractivity contribution in [2.45, 2.75) is 33.0 Å². The van der Waals surface area contributed by atoms with Crippen molar-refractivity contribution < 1.29 is 5.11 Å². The van der Waals surface area contributed by atoms with E-state index < -0.39 is 6.10 Å².